The molecule has 0 spiro atoms. The monoisotopic (exact) mass is 288 g/mol. The molecule has 0 aromatic heterocycles. The molecular weight excluding hydrogens is 268 g/mol. The van der Waals surface area contributed by atoms with Crippen LogP contribution in [0.15, 0.2) is 70.9 Å². The van der Waals surface area contributed by atoms with Crippen LogP contribution in [0.25, 0.3) is 0 Å². The minimum atomic E-state index is -0.257. The Labute approximate surface area is 131 Å². The van der Waals surface area contributed by atoms with E-state index in [1.807, 2.05) is 0 Å². The third-order valence-electron chi connectivity index (χ3n) is 6.13. The Morgan fingerprint density at radius 1 is 0.773 bits per heavy atom. The second-order valence-corrected chi connectivity index (χ2v) is 7.06. The van der Waals surface area contributed by atoms with Gasteiger partial charge in [0.1, 0.15) is 5.54 Å². The highest BCUT2D eigenvalue weighted by Gasteiger charge is 2.61. The Balaban J connectivity index is 1.73. The maximum absolute atomic E-state index is 4.96. The molecule has 2 aromatic rings. The summed E-state index contributed by atoms with van der Waals surface area (Å²) < 4.78 is 0. The molecule has 0 N–H and O–H groups in total. The standard InChI is InChI=1S/C20H20N2/c1-3-7-16(8-4-1)20(17-9-5-2-6-10-17)18-14-11-12-15(13-14)19(18)21-22-20/h1-10,14-15,18-19H,11-13H2/t14-,15-,18-,19-/m0/s1. The van der Waals surface area contributed by atoms with Crippen molar-refractivity contribution in [3.63, 3.8) is 0 Å². The highest BCUT2D eigenvalue weighted by molar-refractivity contribution is 5.42. The highest BCUT2D eigenvalue weighted by atomic mass is 15.2. The minimum absolute atomic E-state index is 0.257. The van der Waals surface area contributed by atoms with Gasteiger partial charge < -0.3 is 0 Å². The lowest BCUT2D eigenvalue weighted by atomic mass is 9.66. The summed E-state index contributed by atoms with van der Waals surface area (Å²) in [4.78, 5) is 0. The van der Waals surface area contributed by atoms with E-state index in [9.17, 15) is 0 Å². The molecule has 5 rings (SSSR count). The molecule has 2 saturated carbocycles. The van der Waals surface area contributed by atoms with Crippen LogP contribution in [-0.2, 0) is 5.54 Å². The zero-order valence-electron chi connectivity index (χ0n) is 12.6. The van der Waals surface area contributed by atoms with E-state index in [4.69, 9.17) is 10.2 Å². The second kappa shape index (κ2) is 4.52. The topological polar surface area (TPSA) is 24.7 Å². The molecule has 0 saturated heterocycles. The molecule has 22 heavy (non-hydrogen) atoms. The van der Waals surface area contributed by atoms with Crippen molar-refractivity contribution in [1.29, 1.82) is 0 Å². The van der Waals surface area contributed by atoms with Crippen LogP contribution in [-0.4, -0.2) is 6.04 Å². The first-order valence-electron chi connectivity index (χ1n) is 8.42. The first-order chi connectivity index (χ1) is 10.9. The number of hydrogen-bond donors (Lipinski definition) is 0. The Hall–Kier alpha value is -1.96. The molecule has 2 fully saturated rings. The van der Waals surface area contributed by atoms with E-state index in [0.29, 0.717) is 12.0 Å². The lowest BCUT2D eigenvalue weighted by Gasteiger charge is -2.37. The van der Waals surface area contributed by atoms with Gasteiger partial charge in [0.15, 0.2) is 0 Å². The number of nitrogens with zero attached hydrogens (tertiary/aromatic N) is 2. The van der Waals surface area contributed by atoms with Crippen LogP contribution in [0.3, 0.4) is 0 Å². The number of benzene rings is 2. The summed E-state index contributed by atoms with van der Waals surface area (Å²) in [6.07, 6.45) is 4.07. The van der Waals surface area contributed by atoms with Crippen LogP contribution in [0.2, 0.25) is 0 Å². The summed E-state index contributed by atoms with van der Waals surface area (Å²) in [7, 11) is 0. The van der Waals surface area contributed by atoms with Crippen molar-refractivity contribution >= 4 is 0 Å². The molecule has 0 unspecified atom stereocenters. The smallest absolute Gasteiger partial charge is 0.136 e. The van der Waals surface area contributed by atoms with Gasteiger partial charge in [0, 0.05) is 5.92 Å². The Morgan fingerprint density at radius 2 is 1.36 bits per heavy atom. The number of azo groups is 1. The van der Waals surface area contributed by atoms with Gasteiger partial charge in [0.25, 0.3) is 0 Å². The van der Waals surface area contributed by atoms with E-state index in [0.717, 1.165) is 11.8 Å². The molecule has 2 nitrogen and oxygen atoms in total. The predicted molar refractivity (Wildman–Crippen MR) is 86.6 cm³/mol. The lowest BCUT2D eigenvalue weighted by Crippen LogP contribution is -2.39. The Bertz CT molecular complexity index is 668. The van der Waals surface area contributed by atoms with Gasteiger partial charge in [-0.15, -0.1) is 0 Å². The van der Waals surface area contributed by atoms with E-state index in [1.54, 1.807) is 0 Å². The first kappa shape index (κ1) is 12.6. The van der Waals surface area contributed by atoms with E-state index in [1.165, 1.54) is 30.4 Å². The largest absolute Gasteiger partial charge is 0.189 e. The van der Waals surface area contributed by atoms with Crippen LogP contribution in [0.1, 0.15) is 30.4 Å². The van der Waals surface area contributed by atoms with E-state index in [2.05, 4.69) is 60.7 Å². The van der Waals surface area contributed by atoms with E-state index >= 15 is 0 Å². The number of rotatable bonds is 2. The normalized spacial score (nSPS) is 34.0. The van der Waals surface area contributed by atoms with Crippen molar-refractivity contribution in [2.45, 2.75) is 30.8 Å². The van der Waals surface area contributed by atoms with Crippen molar-refractivity contribution in [2.24, 2.45) is 28.0 Å². The van der Waals surface area contributed by atoms with Gasteiger partial charge in [0.05, 0.1) is 6.04 Å². The molecule has 2 heteroatoms. The molecule has 2 aromatic carbocycles. The Kier molecular flexibility index (Phi) is 2.58. The highest BCUT2D eigenvalue weighted by Crippen LogP contribution is 2.62. The maximum Gasteiger partial charge on any atom is 0.136 e. The zero-order valence-corrected chi connectivity index (χ0v) is 12.6. The van der Waals surface area contributed by atoms with Gasteiger partial charge in [0.2, 0.25) is 0 Å². The molecule has 0 amide bonds. The van der Waals surface area contributed by atoms with Gasteiger partial charge >= 0.3 is 0 Å². The fraction of sp³-hybridized carbons (Fsp3) is 0.400. The molecule has 4 atom stereocenters. The molecule has 0 radical (unpaired) electrons. The average Bonchev–Trinajstić information content (AvgIpc) is 3.29. The summed E-state index contributed by atoms with van der Waals surface area (Å²) in [5.74, 6) is 2.11. The summed E-state index contributed by atoms with van der Waals surface area (Å²) in [5, 5.41) is 9.77. The van der Waals surface area contributed by atoms with E-state index < -0.39 is 0 Å². The lowest BCUT2D eigenvalue weighted by molar-refractivity contribution is 0.236. The van der Waals surface area contributed by atoms with Gasteiger partial charge in [-0.05, 0) is 42.2 Å². The summed E-state index contributed by atoms with van der Waals surface area (Å²) in [6, 6.07) is 22.1. The van der Waals surface area contributed by atoms with E-state index in [-0.39, 0.29) is 5.54 Å². The summed E-state index contributed by atoms with van der Waals surface area (Å²) in [6.45, 7) is 0. The molecule has 110 valence electrons. The van der Waals surface area contributed by atoms with Gasteiger partial charge in [-0.25, -0.2) is 0 Å². The van der Waals surface area contributed by atoms with Crippen LogP contribution in [0, 0.1) is 17.8 Å². The minimum Gasteiger partial charge on any atom is -0.189 e. The number of fused-ring (bicyclic) bond motifs is 5. The third-order valence-corrected chi connectivity index (χ3v) is 6.13. The quantitative estimate of drug-likeness (QED) is 0.757. The summed E-state index contributed by atoms with van der Waals surface area (Å²) >= 11 is 0. The van der Waals surface area contributed by atoms with Crippen LogP contribution in [0.5, 0.6) is 0 Å². The molecule has 1 heterocycles. The zero-order chi connectivity index (χ0) is 14.6. The van der Waals surface area contributed by atoms with Crippen molar-refractivity contribution in [3.05, 3.63) is 71.8 Å². The fourth-order valence-electron chi connectivity index (χ4n) is 5.29. The number of hydrogen-bond acceptors (Lipinski definition) is 2. The van der Waals surface area contributed by atoms with Gasteiger partial charge in [-0.2, -0.15) is 10.2 Å². The molecule has 3 aliphatic rings. The fourth-order valence-corrected chi connectivity index (χ4v) is 5.29. The molecule has 2 bridgehead atoms. The van der Waals surface area contributed by atoms with Crippen LogP contribution >= 0.6 is 0 Å². The second-order valence-electron chi connectivity index (χ2n) is 7.06. The molecule has 2 aliphatic carbocycles. The first-order valence-corrected chi connectivity index (χ1v) is 8.42. The molecule has 1 aliphatic heterocycles. The average molecular weight is 288 g/mol. The Morgan fingerprint density at radius 3 is 2.00 bits per heavy atom. The van der Waals surface area contributed by atoms with Crippen LogP contribution < -0.4 is 0 Å². The summed E-state index contributed by atoms with van der Waals surface area (Å²) in [5.41, 5.74) is 2.36. The van der Waals surface area contributed by atoms with Crippen LogP contribution in [0.4, 0.5) is 0 Å². The SMILES string of the molecule is c1ccc(C2(c3ccccc3)N=N[C@H]3[C@H]4CC[C@@H](C4)[C@@H]32)cc1. The predicted octanol–water partition coefficient (Wildman–Crippen LogP) is 4.81. The molecular formula is C20H20N2. The third kappa shape index (κ3) is 1.50. The van der Waals surface area contributed by atoms with Crippen molar-refractivity contribution in [3.8, 4) is 0 Å². The van der Waals surface area contributed by atoms with Crippen molar-refractivity contribution in [1.82, 2.24) is 0 Å². The maximum atomic E-state index is 4.96. The van der Waals surface area contributed by atoms with Crippen molar-refractivity contribution < 1.29 is 0 Å². The van der Waals surface area contributed by atoms with Crippen molar-refractivity contribution in [2.75, 3.05) is 0 Å². The van der Waals surface area contributed by atoms with Gasteiger partial charge in [-0.3, -0.25) is 0 Å². The van der Waals surface area contributed by atoms with Gasteiger partial charge in [-0.1, -0.05) is 60.7 Å².